The average molecular weight is 410 g/mol. The van der Waals surface area contributed by atoms with Crippen LogP contribution in [0.15, 0.2) is 23.8 Å². The van der Waals surface area contributed by atoms with E-state index in [9.17, 15) is 0 Å². The minimum Gasteiger partial charge on any atom is -0.241 e. The number of hydrogen-bond acceptors (Lipinski definition) is 6. The molecule has 4 aromatic heterocycles. The number of fused-ring (bicyclic) bond motifs is 2. The maximum Gasteiger partial charge on any atom is 0.171 e. The van der Waals surface area contributed by atoms with Gasteiger partial charge in [0.25, 0.3) is 0 Å². The van der Waals surface area contributed by atoms with Crippen LogP contribution < -0.4 is 0 Å². The lowest BCUT2D eigenvalue weighted by Crippen LogP contribution is -1.89. The van der Waals surface area contributed by atoms with Crippen LogP contribution in [0.5, 0.6) is 0 Å². The summed E-state index contributed by atoms with van der Waals surface area (Å²) < 4.78 is 2.14. The predicted octanol–water partition coefficient (Wildman–Crippen LogP) is 4.28. The number of halogens is 1. The van der Waals surface area contributed by atoms with Gasteiger partial charge in [-0.05, 0) is 47.0 Å². The van der Waals surface area contributed by atoms with Crippen LogP contribution in [0.3, 0.4) is 0 Å². The minimum atomic E-state index is 0.766. The summed E-state index contributed by atoms with van der Waals surface area (Å²) in [5.74, 6) is 0.766. The normalized spacial score (nSPS) is 11.5. The molecule has 0 aliphatic carbocycles. The maximum atomic E-state index is 4.65. The molecule has 4 nitrogen and oxygen atoms in total. The first-order valence-electron chi connectivity index (χ1n) is 5.84. The molecule has 0 fully saturated rings. The molecule has 4 rings (SSSR count). The number of rotatable bonds is 1. The van der Waals surface area contributed by atoms with E-state index >= 15 is 0 Å². The molecule has 0 aliphatic heterocycles. The van der Waals surface area contributed by atoms with Gasteiger partial charge in [0.05, 0.1) is 15.1 Å². The van der Waals surface area contributed by atoms with Crippen molar-refractivity contribution in [2.75, 3.05) is 0 Å². The van der Waals surface area contributed by atoms with Crippen molar-refractivity contribution in [1.82, 2.24) is 19.9 Å². The lowest BCUT2D eigenvalue weighted by atomic mass is 10.3. The first-order valence-corrected chi connectivity index (χ1v) is 8.62. The first-order chi connectivity index (χ1) is 9.72. The van der Waals surface area contributed by atoms with Crippen LogP contribution >= 0.6 is 45.3 Å². The number of aryl methyl sites for hydroxylation is 1. The van der Waals surface area contributed by atoms with Gasteiger partial charge in [0.2, 0.25) is 0 Å². The Hall–Kier alpha value is -1.19. The third-order valence-electron chi connectivity index (χ3n) is 3.01. The van der Waals surface area contributed by atoms with Gasteiger partial charge in [-0.25, -0.2) is 19.9 Å². The Labute approximate surface area is 136 Å². The molecule has 0 saturated carbocycles. The number of thiophene rings is 2. The fourth-order valence-electron chi connectivity index (χ4n) is 2.02. The van der Waals surface area contributed by atoms with Crippen molar-refractivity contribution in [2.24, 2.45) is 0 Å². The Morgan fingerprint density at radius 3 is 2.95 bits per heavy atom. The van der Waals surface area contributed by atoms with Crippen LogP contribution in [0.25, 0.3) is 31.1 Å². The smallest absolute Gasteiger partial charge is 0.171 e. The molecule has 0 N–H and O–H groups in total. The molecule has 7 heteroatoms. The molecule has 98 valence electrons. The maximum absolute atomic E-state index is 4.65. The molecule has 0 aromatic carbocycles. The van der Waals surface area contributed by atoms with E-state index in [1.807, 2.05) is 18.4 Å². The molecule has 20 heavy (non-hydrogen) atoms. The fourth-order valence-corrected chi connectivity index (χ4v) is 4.60. The second-order valence-corrected chi connectivity index (χ2v) is 7.23. The summed E-state index contributed by atoms with van der Waals surface area (Å²) in [5, 5.41) is 3.13. The summed E-state index contributed by atoms with van der Waals surface area (Å²) in [6.07, 6.45) is 1.60. The topological polar surface area (TPSA) is 51.6 Å². The monoisotopic (exact) mass is 410 g/mol. The van der Waals surface area contributed by atoms with Gasteiger partial charge in [-0.2, -0.15) is 0 Å². The summed E-state index contributed by atoms with van der Waals surface area (Å²) in [7, 11) is 0. The highest BCUT2D eigenvalue weighted by Gasteiger charge is 2.13. The molecule has 0 atom stereocenters. The molecule has 0 unspecified atom stereocenters. The Bertz CT molecular complexity index is 944. The van der Waals surface area contributed by atoms with Gasteiger partial charge < -0.3 is 0 Å². The van der Waals surface area contributed by atoms with Crippen LogP contribution in [-0.2, 0) is 0 Å². The Morgan fingerprint density at radius 2 is 2.10 bits per heavy atom. The van der Waals surface area contributed by atoms with Crippen molar-refractivity contribution >= 4 is 65.7 Å². The van der Waals surface area contributed by atoms with E-state index in [0.717, 1.165) is 40.5 Å². The Morgan fingerprint density at radius 1 is 1.20 bits per heavy atom. The molecular formula is C13H7IN4S2. The van der Waals surface area contributed by atoms with Gasteiger partial charge >= 0.3 is 0 Å². The first kappa shape index (κ1) is 12.5. The average Bonchev–Trinajstić information content (AvgIpc) is 3.04. The fraction of sp³-hybridized carbons (Fsp3) is 0.0769. The standard InChI is InChI=1S/C13H7IN4S2/c1-6-7-4-9(20-13(7)16-5-15-6)12-17-8-2-3-19-10(8)11(14)18-12/h2-5H,1H3. The van der Waals surface area contributed by atoms with Crippen molar-refractivity contribution in [3.63, 3.8) is 0 Å². The van der Waals surface area contributed by atoms with Crippen molar-refractivity contribution in [1.29, 1.82) is 0 Å². The lowest BCUT2D eigenvalue weighted by Gasteiger charge is -1.98. The molecule has 4 aromatic rings. The molecule has 4 heterocycles. The highest BCUT2D eigenvalue weighted by Crippen LogP contribution is 2.33. The quantitative estimate of drug-likeness (QED) is 0.347. The zero-order valence-electron chi connectivity index (χ0n) is 10.3. The van der Waals surface area contributed by atoms with Gasteiger partial charge in [0, 0.05) is 11.1 Å². The van der Waals surface area contributed by atoms with Gasteiger partial charge in [0.1, 0.15) is 14.9 Å². The number of aromatic nitrogens is 4. The van der Waals surface area contributed by atoms with Crippen molar-refractivity contribution < 1.29 is 0 Å². The number of nitrogens with zero attached hydrogens (tertiary/aromatic N) is 4. The molecule has 0 spiro atoms. The van der Waals surface area contributed by atoms with Crippen molar-refractivity contribution in [3.8, 4) is 10.7 Å². The highest BCUT2D eigenvalue weighted by atomic mass is 127. The van der Waals surface area contributed by atoms with E-state index in [1.165, 1.54) is 0 Å². The van der Waals surface area contributed by atoms with E-state index in [1.54, 1.807) is 29.0 Å². The summed E-state index contributed by atoms with van der Waals surface area (Å²) in [6.45, 7) is 1.99. The van der Waals surface area contributed by atoms with Crippen LogP contribution in [0, 0.1) is 10.6 Å². The zero-order chi connectivity index (χ0) is 13.7. The SMILES string of the molecule is Cc1ncnc2sc(-c3nc(I)c4sccc4n3)cc12. The van der Waals surface area contributed by atoms with Gasteiger partial charge in [-0.15, -0.1) is 22.7 Å². The third-order valence-corrected chi connectivity index (χ3v) is 6.11. The molecule has 0 aliphatic rings. The van der Waals surface area contributed by atoms with E-state index < -0.39 is 0 Å². The lowest BCUT2D eigenvalue weighted by molar-refractivity contribution is 1.16. The Balaban J connectivity index is 1.98. The van der Waals surface area contributed by atoms with E-state index in [4.69, 9.17) is 0 Å². The molecule has 0 radical (unpaired) electrons. The van der Waals surface area contributed by atoms with Crippen molar-refractivity contribution in [2.45, 2.75) is 6.92 Å². The molecule has 0 saturated heterocycles. The Kier molecular flexibility index (Phi) is 2.93. The van der Waals surface area contributed by atoms with E-state index in [0.29, 0.717) is 0 Å². The molecular weight excluding hydrogens is 403 g/mol. The molecule has 0 bridgehead atoms. The van der Waals surface area contributed by atoms with Gasteiger partial charge in [-0.3, -0.25) is 0 Å². The number of hydrogen-bond donors (Lipinski definition) is 0. The van der Waals surface area contributed by atoms with Crippen LogP contribution in [0.4, 0.5) is 0 Å². The van der Waals surface area contributed by atoms with Crippen LogP contribution in [-0.4, -0.2) is 19.9 Å². The van der Waals surface area contributed by atoms with Crippen molar-refractivity contribution in [3.05, 3.63) is 33.2 Å². The second-order valence-electron chi connectivity index (χ2n) is 4.26. The second kappa shape index (κ2) is 4.68. The largest absolute Gasteiger partial charge is 0.241 e. The highest BCUT2D eigenvalue weighted by molar-refractivity contribution is 14.1. The third kappa shape index (κ3) is 1.92. The van der Waals surface area contributed by atoms with Gasteiger partial charge in [-0.1, -0.05) is 0 Å². The minimum absolute atomic E-state index is 0.766. The summed E-state index contributed by atoms with van der Waals surface area (Å²) >= 11 is 5.55. The van der Waals surface area contributed by atoms with E-state index in [2.05, 4.69) is 48.6 Å². The predicted molar refractivity (Wildman–Crippen MR) is 91.3 cm³/mol. The summed E-state index contributed by atoms with van der Waals surface area (Å²) in [5.41, 5.74) is 1.99. The van der Waals surface area contributed by atoms with Gasteiger partial charge in [0.15, 0.2) is 5.82 Å². The van der Waals surface area contributed by atoms with E-state index in [-0.39, 0.29) is 0 Å². The summed E-state index contributed by atoms with van der Waals surface area (Å²) in [6, 6.07) is 4.12. The van der Waals surface area contributed by atoms with Crippen LogP contribution in [0.1, 0.15) is 5.69 Å². The van der Waals surface area contributed by atoms with Crippen LogP contribution in [0.2, 0.25) is 0 Å². The summed E-state index contributed by atoms with van der Waals surface area (Å²) in [4.78, 5) is 19.8. The zero-order valence-corrected chi connectivity index (χ0v) is 14.1. The molecule has 0 amide bonds.